The zero-order valence-electron chi connectivity index (χ0n) is 11.7. The molecule has 106 valence electrons. The van der Waals surface area contributed by atoms with E-state index in [4.69, 9.17) is 0 Å². The highest BCUT2D eigenvalue weighted by Gasteiger charge is 2.31. The fourth-order valence-corrected chi connectivity index (χ4v) is 2.80. The molecular formula is C14H22N2O3. The molecule has 0 aromatic heterocycles. The Balaban J connectivity index is 1.79. The third-order valence-corrected chi connectivity index (χ3v) is 4.22. The van der Waals surface area contributed by atoms with Crippen LogP contribution >= 0.6 is 0 Å². The molecule has 2 aliphatic heterocycles. The SMILES string of the molecule is CC(C)C1CCN(C(=O)CCN2C(=O)CCC2=O)C1. The minimum atomic E-state index is -0.140. The van der Waals surface area contributed by atoms with Gasteiger partial charge >= 0.3 is 0 Å². The number of carbonyl (C=O) groups excluding carboxylic acids is 3. The highest BCUT2D eigenvalue weighted by Crippen LogP contribution is 2.24. The summed E-state index contributed by atoms with van der Waals surface area (Å²) in [5.74, 6) is 0.966. The second kappa shape index (κ2) is 5.72. The van der Waals surface area contributed by atoms with Crippen LogP contribution in [0.4, 0.5) is 0 Å². The van der Waals surface area contributed by atoms with Gasteiger partial charge in [-0.25, -0.2) is 0 Å². The molecule has 0 aliphatic carbocycles. The molecule has 3 amide bonds. The summed E-state index contributed by atoms with van der Waals surface area (Å²) in [4.78, 5) is 38.0. The van der Waals surface area contributed by atoms with Crippen LogP contribution in [0.15, 0.2) is 0 Å². The Morgan fingerprint density at radius 2 is 1.89 bits per heavy atom. The standard InChI is InChI=1S/C14H22N2O3/c1-10(2)11-5-7-15(9-11)12(17)6-8-16-13(18)3-4-14(16)19/h10-11H,3-9H2,1-2H3. The lowest BCUT2D eigenvalue weighted by Gasteiger charge is -2.20. The zero-order valence-corrected chi connectivity index (χ0v) is 11.7. The van der Waals surface area contributed by atoms with Gasteiger partial charge in [0.25, 0.3) is 0 Å². The summed E-state index contributed by atoms with van der Waals surface area (Å²) in [5, 5.41) is 0. The third-order valence-electron chi connectivity index (χ3n) is 4.22. The van der Waals surface area contributed by atoms with Gasteiger partial charge in [-0.3, -0.25) is 19.3 Å². The summed E-state index contributed by atoms with van der Waals surface area (Å²) >= 11 is 0. The number of hydrogen-bond donors (Lipinski definition) is 0. The van der Waals surface area contributed by atoms with Crippen LogP contribution in [0.2, 0.25) is 0 Å². The minimum Gasteiger partial charge on any atom is -0.342 e. The Kier molecular flexibility index (Phi) is 4.22. The first-order valence-electron chi connectivity index (χ1n) is 7.10. The predicted octanol–water partition coefficient (Wildman–Crippen LogP) is 1.03. The van der Waals surface area contributed by atoms with E-state index in [1.807, 2.05) is 4.90 Å². The Morgan fingerprint density at radius 3 is 2.42 bits per heavy atom. The minimum absolute atomic E-state index is 0.0654. The molecule has 2 saturated heterocycles. The van der Waals surface area contributed by atoms with Crippen LogP contribution in [0, 0.1) is 11.8 Å². The van der Waals surface area contributed by atoms with E-state index in [1.54, 1.807) is 0 Å². The summed E-state index contributed by atoms with van der Waals surface area (Å²) in [7, 11) is 0. The van der Waals surface area contributed by atoms with E-state index in [1.165, 1.54) is 4.90 Å². The van der Waals surface area contributed by atoms with Crippen LogP contribution < -0.4 is 0 Å². The van der Waals surface area contributed by atoms with Gasteiger partial charge < -0.3 is 4.90 Å². The maximum Gasteiger partial charge on any atom is 0.229 e. The number of nitrogens with zero attached hydrogens (tertiary/aromatic N) is 2. The van der Waals surface area contributed by atoms with E-state index >= 15 is 0 Å². The molecule has 5 heteroatoms. The molecule has 0 bridgehead atoms. The summed E-state index contributed by atoms with van der Waals surface area (Å²) in [5.41, 5.74) is 0. The molecule has 5 nitrogen and oxygen atoms in total. The van der Waals surface area contributed by atoms with Crippen LogP contribution in [-0.2, 0) is 14.4 Å². The quantitative estimate of drug-likeness (QED) is 0.714. The van der Waals surface area contributed by atoms with E-state index in [-0.39, 0.29) is 30.7 Å². The highest BCUT2D eigenvalue weighted by molar-refractivity contribution is 6.02. The second-order valence-corrected chi connectivity index (χ2v) is 5.82. The molecule has 0 aromatic rings. The van der Waals surface area contributed by atoms with Crippen molar-refractivity contribution in [1.29, 1.82) is 0 Å². The Hall–Kier alpha value is -1.39. The van der Waals surface area contributed by atoms with E-state index in [2.05, 4.69) is 13.8 Å². The van der Waals surface area contributed by atoms with Gasteiger partial charge in [-0.15, -0.1) is 0 Å². The van der Waals surface area contributed by atoms with E-state index in [9.17, 15) is 14.4 Å². The molecule has 2 aliphatic rings. The van der Waals surface area contributed by atoms with E-state index in [0.717, 1.165) is 19.5 Å². The Labute approximate surface area is 113 Å². The average molecular weight is 266 g/mol. The number of likely N-dealkylation sites (tertiary alicyclic amines) is 2. The normalized spacial score (nSPS) is 23.8. The van der Waals surface area contributed by atoms with Crippen LogP contribution in [-0.4, -0.2) is 47.2 Å². The van der Waals surface area contributed by atoms with Crippen molar-refractivity contribution >= 4 is 17.7 Å². The highest BCUT2D eigenvalue weighted by atomic mass is 16.2. The number of amides is 3. The van der Waals surface area contributed by atoms with Crippen molar-refractivity contribution < 1.29 is 14.4 Å². The van der Waals surface area contributed by atoms with Crippen LogP contribution in [0.5, 0.6) is 0 Å². The molecular weight excluding hydrogens is 244 g/mol. The van der Waals surface area contributed by atoms with Gasteiger partial charge in [-0.2, -0.15) is 0 Å². The topological polar surface area (TPSA) is 57.7 Å². The lowest BCUT2D eigenvalue weighted by molar-refractivity contribution is -0.139. The van der Waals surface area contributed by atoms with Crippen molar-refractivity contribution in [3.8, 4) is 0 Å². The average Bonchev–Trinajstić information content (AvgIpc) is 2.95. The van der Waals surface area contributed by atoms with Gasteiger partial charge in [0, 0.05) is 38.9 Å². The molecule has 2 heterocycles. The number of imide groups is 1. The summed E-state index contributed by atoms with van der Waals surface area (Å²) < 4.78 is 0. The van der Waals surface area contributed by atoms with Crippen molar-refractivity contribution in [2.75, 3.05) is 19.6 Å². The van der Waals surface area contributed by atoms with Gasteiger partial charge in [0.05, 0.1) is 0 Å². The van der Waals surface area contributed by atoms with E-state index < -0.39 is 0 Å². The summed E-state index contributed by atoms with van der Waals surface area (Å²) in [6, 6.07) is 0. The first-order chi connectivity index (χ1) is 8.99. The molecule has 0 N–H and O–H groups in total. The first-order valence-corrected chi connectivity index (χ1v) is 7.10. The lowest BCUT2D eigenvalue weighted by atomic mass is 9.95. The lowest BCUT2D eigenvalue weighted by Crippen LogP contribution is -2.35. The van der Waals surface area contributed by atoms with Crippen molar-refractivity contribution in [3.05, 3.63) is 0 Å². The van der Waals surface area contributed by atoms with Gasteiger partial charge in [0.15, 0.2) is 0 Å². The van der Waals surface area contributed by atoms with Gasteiger partial charge in [0.2, 0.25) is 17.7 Å². The molecule has 2 fully saturated rings. The molecule has 0 aromatic carbocycles. The number of carbonyl (C=O) groups is 3. The Morgan fingerprint density at radius 1 is 1.26 bits per heavy atom. The fraction of sp³-hybridized carbons (Fsp3) is 0.786. The molecule has 19 heavy (non-hydrogen) atoms. The zero-order chi connectivity index (χ0) is 14.0. The van der Waals surface area contributed by atoms with Crippen molar-refractivity contribution in [2.24, 2.45) is 11.8 Å². The summed E-state index contributed by atoms with van der Waals surface area (Å²) in [6.45, 7) is 6.24. The molecule has 0 spiro atoms. The maximum absolute atomic E-state index is 12.1. The number of hydrogen-bond acceptors (Lipinski definition) is 3. The van der Waals surface area contributed by atoms with Crippen LogP contribution in [0.3, 0.4) is 0 Å². The second-order valence-electron chi connectivity index (χ2n) is 5.82. The Bertz CT molecular complexity index is 376. The predicted molar refractivity (Wildman–Crippen MR) is 70.1 cm³/mol. The van der Waals surface area contributed by atoms with Crippen LogP contribution in [0.25, 0.3) is 0 Å². The van der Waals surface area contributed by atoms with Crippen molar-refractivity contribution in [2.45, 2.75) is 39.5 Å². The smallest absolute Gasteiger partial charge is 0.229 e. The maximum atomic E-state index is 12.1. The third kappa shape index (κ3) is 3.14. The molecule has 1 atom stereocenters. The van der Waals surface area contributed by atoms with Gasteiger partial charge in [0.1, 0.15) is 0 Å². The fourth-order valence-electron chi connectivity index (χ4n) is 2.80. The number of rotatable bonds is 4. The molecule has 0 saturated carbocycles. The van der Waals surface area contributed by atoms with Crippen molar-refractivity contribution in [3.63, 3.8) is 0 Å². The molecule has 1 unspecified atom stereocenters. The van der Waals surface area contributed by atoms with Crippen LogP contribution in [0.1, 0.15) is 39.5 Å². The molecule has 2 rings (SSSR count). The largest absolute Gasteiger partial charge is 0.342 e. The molecule has 0 radical (unpaired) electrons. The first kappa shape index (κ1) is 14.0. The van der Waals surface area contributed by atoms with Gasteiger partial charge in [-0.1, -0.05) is 13.8 Å². The van der Waals surface area contributed by atoms with Gasteiger partial charge in [-0.05, 0) is 18.3 Å². The summed E-state index contributed by atoms with van der Waals surface area (Å²) in [6.07, 6.45) is 1.92. The monoisotopic (exact) mass is 266 g/mol. The van der Waals surface area contributed by atoms with E-state index in [0.29, 0.717) is 24.7 Å². The van der Waals surface area contributed by atoms with Crippen molar-refractivity contribution in [1.82, 2.24) is 9.80 Å².